The van der Waals surface area contributed by atoms with E-state index in [0.717, 1.165) is 5.56 Å². The predicted molar refractivity (Wildman–Crippen MR) is 105 cm³/mol. The molecule has 0 radical (unpaired) electrons. The number of anilines is 1. The van der Waals surface area contributed by atoms with E-state index in [1.807, 2.05) is 12.1 Å². The molecular formula is C19H28N2O4S. The lowest BCUT2D eigenvalue weighted by molar-refractivity contribution is -0.127. The van der Waals surface area contributed by atoms with Crippen LogP contribution in [0.5, 0.6) is 0 Å². The standard InChI is InChI=1S/C19H28N2O4S/c1-16(2)15-20(12-13-25-3)19(22)10-7-17-5-8-18(9-6-17)21-11-4-14-26(21,23)24/h5-10,16H,4,11-15H2,1-3H3/b10-7+. The van der Waals surface area contributed by atoms with Crippen LogP contribution in [-0.2, 0) is 19.6 Å². The SMILES string of the molecule is COCCN(CC(C)C)C(=O)/C=C/c1ccc(N2CCCS2(=O)=O)cc1. The molecule has 0 spiro atoms. The minimum atomic E-state index is -3.17. The van der Waals surface area contributed by atoms with Crippen LogP contribution in [0.3, 0.4) is 0 Å². The molecule has 1 heterocycles. The Morgan fingerprint density at radius 1 is 1.31 bits per heavy atom. The number of rotatable bonds is 8. The lowest BCUT2D eigenvalue weighted by Crippen LogP contribution is -2.35. The van der Waals surface area contributed by atoms with Crippen LogP contribution >= 0.6 is 0 Å². The van der Waals surface area contributed by atoms with Crippen LogP contribution in [0.4, 0.5) is 5.69 Å². The lowest BCUT2D eigenvalue weighted by Gasteiger charge is -2.22. The Balaban J connectivity index is 2.03. The minimum absolute atomic E-state index is 0.0538. The zero-order valence-corrected chi connectivity index (χ0v) is 16.5. The van der Waals surface area contributed by atoms with Crippen LogP contribution in [0.25, 0.3) is 6.08 Å². The highest BCUT2D eigenvalue weighted by Crippen LogP contribution is 2.24. The topological polar surface area (TPSA) is 66.9 Å². The van der Waals surface area contributed by atoms with E-state index in [-0.39, 0.29) is 11.7 Å². The molecule has 26 heavy (non-hydrogen) atoms. The molecule has 1 fully saturated rings. The zero-order chi connectivity index (χ0) is 19.2. The molecule has 1 amide bonds. The van der Waals surface area contributed by atoms with E-state index < -0.39 is 10.0 Å². The van der Waals surface area contributed by atoms with Crippen molar-refractivity contribution in [2.24, 2.45) is 5.92 Å². The maximum Gasteiger partial charge on any atom is 0.246 e. The number of carbonyl (C=O) groups is 1. The predicted octanol–water partition coefficient (Wildman–Crippen LogP) is 2.37. The summed E-state index contributed by atoms with van der Waals surface area (Å²) in [5.41, 5.74) is 1.53. The first kappa shape index (κ1) is 20.5. The largest absolute Gasteiger partial charge is 0.383 e. The summed E-state index contributed by atoms with van der Waals surface area (Å²) in [6.07, 6.45) is 3.97. The molecule has 0 aliphatic carbocycles. The minimum Gasteiger partial charge on any atom is -0.383 e. The molecule has 0 aromatic heterocycles. The summed E-state index contributed by atoms with van der Waals surface area (Å²) in [6, 6.07) is 7.22. The zero-order valence-electron chi connectivity index (χ0n) is 15.7. The van der Waals surface area contributed by atoms with Crippen molar-refractivity contribution in [3.63, 3.8) is 0 Å². The highest BCUT2D eigenvalue weighted by atomic mass is 32.2. The van der Waals surface area contributed by atoms with Crippen LogP contribution in [-0.4, -0.2) is 58.3 Å². The van der Waals surface area contributed by atoms with Gasteiger partial charge in [-0.15, -0.1) is 0 Å². The fourth-order valence-corrected chi connectivity index (χ4v) is 4.45. The molecule has 0 bridgehead atoms. The van der Waals surface area contributed by atoms with Crippen molar-refractivity contribution in [3.05, 3.63) is 35.9 Å². The van der Waals surface area contributed by atoms with E-state index in [1.165, 1.54) is 4.31 Å². The van der Waals surface area contributed by atoms with Crippen LogP contribution < -0.4 is 4.31 Å². The number of hydrogen-bond donors (Lipinski definition) is 0. The van der Waals surface area contributed by atoms with Crippen LogP contribution in [0, 0.1) is 5.92 Å². The second kappa shape index (κ2) is 9.19. The third-order valence-electron chi connectivity index (χ3n) is 4.16. The Kier molecular flexibility index (Phi) is 7.23. The second-order valence-corrected chi connectivity index (χ2v) is 8.85. The van der Waals surface area contributed by atoms with Gasteiger partial charge in [0.05, 0.1) is 18.0 Å². The van der Waals surface area contributed by atoms with Gasteiger partial charge in [0.2, 0.25) is 15.9 Å². The highest BCUT2D eigenvalue weighted by Gasteiger charge is 2.28. The van der Waals surface area contributed by atoms with Crippen molar-refractivity contribution in [2.45, 2.75) is 20.3 Å². The molecule has 144 valence electrons. The Bertz CT molecular complexity index is 726. The molecular weight excluding hydrogens is 352 g/mol. The van der Waals surface area contributed by atoms with Gasteiger partial charge < -0.3 is 9.64 Å². The number of carbonyl (C=O) groups excluding carboxylic acids is 1. The summed E-state index contributed by atoms with van der Waals surface area (Å²) in [5.74, 6) is 0.531. The van der Waals surface area contributed by atoms with Gasteiger partial charge in [-0.25, -0.2) is 8.42 Å². The van der Waals surface area contributed by atoms with Gasteiger partial charge in [0.25, 0.3) is 0 Å². The van der Waals surface area contributed by atoms with Crippen molar-refractivity contribution >= 4 is 27.7 Å². The van der Waals surface area contributed by atoms with E-state index in [0.29, 0.717) is 44.3 Å². The van der Waals surface area contributed by atoms with Gasteiger partial charge in [-0.05, 0) is 36.1 Å². The number of amides is 1. The number of benzene rings is 1. The first-order chi connectivity index (χ1) is 12.3. The molecule has 0 atom stereocenters. The van der Waals surface area contributed by atoms with E-state index in [2.05, 4.69) is 13.8 Å². The van der Waals surface area contributed by atoms with Crippen molar-refractivity contribution in [1.29, 1.82) is 0 Å². The first-order valence-corrected chi connectivity index (χ1v) is 10.5. The van der Waals surface area contributed by atoms with Gasteiger partial charge in [0.15, 0.2) is 0 Å². The Labute approximate surface area is 156 Å². The highest BCUT2D eigenvalue weighted by molar-refractivity contribution is 7.93. The third kappa shape index (κ3) is 5.57. The van der Waals surface area contributed by atoms with Gasteiger partial charge in [-0.2, -0.15) is 0 Å². The number of ether oxygens (including phenoxy) is 1. The number of nitrogens with zero attached hydrogens (tertiary/aromatic N) is 2. The van der Waals surface area contributed by atoms with E-state index in [4.69, 9.17) is 4.74 Å². The van der Waals surface area contributed by atoms with Crippen LogP contribution in [0.2, 0.25) is 0 Å². The molecule has 1 saturated heterocycles. The lowest BCUT2D eigenvalue weighted by atomic mass is 10.1. The normalized spacial score (nSPS) is 16.5. The van der Waals surface area contributed by atoms with Crippen molar-refractivity contribution in [3.8, 4) is 0 Å². The van der Waals surface area contributed by atoms with Gasteiger partial charge in [-0.1, -0.05) is 26.0 Å². The van der Waals surface area contributed by atoms with Gasteiger partial charge in [0.1, 0.15) is 0 Å². The van der Waals surface area contributed by atoms with Crippen molar-refractivity contribution < 1.29 is 17.9 Å². The maximum absolute atomic E-state index is 12.4. The van der Waals surface area contributed by atoms with Crippen molar-refractivity contribution in [2.75, 3.05) is 43.4 Å². The van der Waals surface area contributed by atoms with E-state index >= 15 is 0 Å². The Morgan fingerprint density at radius 3 is 2.54 bits per heavy atom. The number of sulfonamides is 1. The molecule has 7 heteroatoms. The molecule has 1 aromatic carbocycles. The third-order valence-corrected chi connectivity index (χ3v) is 6.03. The monoisotopic (exact) mass is 380 g/mol. The van der Waals surface area contributed by atoms with E-state index in [9.17, 15) is 13.2 Å². The molecule has 0 saturated carbocycles. The molecule has 6 nitrogen and oxygen atoms in total. The fraction of sp³-hybridized carbons (Fsp3) is 0.526. The van der Waals surface area contributed by atoms with Gasteiger partial charge in [-0.3, -0.25) is 9.10 Å². The summed E-state index contributed by atoms with van der Waals surface area (Å²) < 4.78 is 30.4. The molecule has 2 rings (SSSR count). The molecule has 1 aliphatic heterocycles. The first-order valence-electron chi connectivity index (χ1n) is 8.90. The summed E-state index contributed by atoms with van der Waals surface area (Å²) in [7, 11) is -1.55. The molecule has 0 unspecified atom stereocenters. The average Bonchev–Trinajstić information content (AvgIpc) is 2.95. The number of methoxy groups -OCH3 is 1. The smallest absolute Gasteiger partial charge is 0.246 e. The van der Waals surface area contributed by atoms with E-state index in [1.54, 1.807) is 36.3 Å². The second-order valence-electron chi connectivity index (χ2n) is 6.84. The Morgan fingerprint density at radius 2 is 2.00 bits per heavy atom. The molecule has 0 N–H and O–H groups in total. The van der Waals surface area contributed by atoms with Gasteiger partial charge in [0, 0.05) is 32.8 Å². The molecule has 1 aromatic rings. The molecule has 1 aliphatic rings. The summed E-state index contributed by atoms with van der Waals surface area (Å²) in [4.78, 5) is 14.2. The summed E-state index contributed by atoms with van der Waals surface area (Å²) in [6.45, 7) is 6.41. The van der Waals surface area contributed by atoms with Crippen LogP contribution in [0.15, 0.2) is 30.3 Å². The average molecular weight is 381 g/mol. The van der Waals surface area contributed by atoms with Gasteiger partial charge >= 0.3 is 0 Å². The quantitative estimate of drug-likeness (QED) is 0.650. The number of hydrogen-bond acceptors (Lipinski definition) is 4. The maximum atomic E-state index is 12.4. The van der Waals surface area contributed by atoms with Crippen molar-refractivity contribution in [1.82, 2.24) is 4.90 Å². The van der Waals surface area contributed by atoms with Crippen LogP contribution in [0.1, 0.15) is 25.8 Å². The summed E-state index contributed by atoms with van der Waals surface area (Å²) in [5, 5.41) is 0. The summed E-state index contributed by atoms with van der Waals surface area (Å²) >= 11 is 0. The fourth-order valence-electron chi connectivity index (χ4n) is 2.89. The Hall–Kier alpha value is -1.86.